The van der Waals surface area contributed by atoms with E-state index in [9.17, 15) is 0 Å². The first-order chi connectivity index (χ1) is 10.5. The number of ether oxygens (including phenoxy) is 2. The van der Waals surface area contributed by atoms with Crippen LogP contribution in [0.3, 0.4) is 0 Å². The lowest BCUT2D eigenvalue weighted by molar-refractivity contribution is 0.116. The number of unbranched alkanes of at least 4 members (excludes halogenated alkanes) is 2. The Labute approximate surface area is 153 Å². The first-order valence-corrected chi connectivity index (χ1v) is 9.04. The molecule has 0 aliphatic rings. The average Bonchev–Trinajstić information content (AvgIpc) is 2.51. The Morgan fingerprint density at radius 1 is 0.636 bits per heavy atom. The molecule has 0 amide bonds. The van der Waals surface area contributed by atoms with E-state index in [1.54, 1.807) is 0 Å². The molecular weight excluding hydrogens is 366 g/mol. The summed E-state index contributed by atoms with van der Waals surface area (Å²) in [6, 6.07) is 0. The van der Waals surface area contributed by atoms with Crippen LogP contribution in [0.1, 0.15) is 50.7 Å². The fourth-order valence-electron chi connectivity index (χ4n) is 1.82. The van der Waals surface area contributed by atoms with Crippen molar-refractivity contribution in [3.63, 3.8) is 0 Å². The van der Waals surface area contributed by atoms with Gasteiger partial charge in [-0.1, -0.05) is 73.1 Å². The highest BCUT2D eigenvalue weighted by atomic mass is 35.5. The van der Waals surface area contributed by atoms with E-state index in [-0.39, 0.29) is 0 Å². The third kappa shape index (κ3) is 5.74. The summed E-state index contributed by atoms with van der Waals surface area (Å²) in [7, 11) is 0. The molecule has 0 N–H and O–H groups in total. The molecule has 1 aromatic carbocycles. The minimum absolute atomic E-state index is 0.300. The Kier molecular flexibility index (Phi) is 10.1. The average molecular weight is 388 g/mol. The normalized spacial score (nSPS) is 11.2. The van der Waals surface area contributed by atoms with Crippen molar-refractivity contribution in [1.29, 1.82) is 0 Å². The predicted molar refractivity (Wildman–Crippen MR) is 95.6 cm³/mol. The molecule has 0 aliphatic carbocycles. The largest absolute Gasteiger partial charge is 0.377 e. The van der Waals surface area contributed by atoms with Gasteiger partial charge in [0.05, 0.1) is 33.3 Å². The molecule has 126 valence electrons. The summed E-state index contributed by atoms with van der Waals surface area (Å²) in [6.45, 7) is 6.11. The second-order valence-electron chi connectivity index (χ2n) is 5.03. The molecule has 1 aromatic rings. The summed E-state index contributed by atoms with van der Waals surface area (Å²) < 4.78 is 11.1. The number of halogens is 4. The van der Waals surface area contributed by atoms with Crippen LogP contribution in [0.25, 0.3) is 0 Å². The van der Waals surface area contributed by atoms with Crippen molar-refractivity contribution in [3.8, 4) is 0 Å². The van der Waals surface area contributed by atoms with E-state index >= 15 is 0 Å². The van der Waals surface area contributed by atoms with Gasteiger partial charge in [-0.25, -0.2) is 0 Å². The second-order valence-corrected chi connectivity index (χ2v) is 6.54. The van der Waals surface area contributed by atoms with Crippen molar-refractivity contribution in [2.75, 3.05) is 13.2 Å². The van der Waals surface area contributed by atoms with Gasteiger partial charge < -0.3 is 9.47 Å². The van der Waals surface area contributed by atoms with Crippen molar-refractivity contribution in [1.82, 2.24) is 0 Å². The summed E-state index contributed by atoms with van der Waals surface area (Å²) in [6.07, 6.45) is 4.11. The van der Waals surface area contributed by atoms with Crippen LogP contribution in [0.4, 0.5) is 0 Å². The van der Waals surface area contributed by atoms with E-state index in [0.29, 0.717) is 57.6 Å². The summed E-state index contributed by atoms with van der Waals surface area (Å²) in [5.74, 6) is 0. The van der Waals surface area contributed by atoms with Crippen LogP contribution in [0, 0.1) is 0 Å². The maximum absolute atomic E-state index is 6.32. The molecule has 6 heteroatoms. The Morgan fingerprint density at radius 3 is 1.23 bits per heavy atom. The summed E-state index contributed by atoms with van der Waals surface area (Å²) in [5.41, 5.74) is 1.26. The Hall–Kier alpha value is 0.300. The zero-order valence-corrected chi connectivity index (χ0v) is 16.0. The quantitative estimate of drug-likeness (QED) is 0.320. The molecule has 2 nitrogen and oxygen atoms in total. The van der Waals surface area contributed by atoms with Crippen LogP contribution in [0.2, 0.25) is 20.1 Å². The smallest absolute Gasteiger partial charge is 0.0747 e. The summed E-state index contributed by atoms with van der Waals surface area (Å²) in [4.78, 5) is 0. The highest BCUT2D eigenvalue weighted by Crippen LogP contribution is 2.41. The molecule has 0 radical (unpaired) electrons. The SMILES string of the molecule is CCCCOCc1c(Cl)c(Cl)c(COCCCC)c(Cl)c1Cl. The Bertz CT molecular complexity index is 406. The van der Waals surface area contributed by atoms with Gasteiger partial charge in [-0.15, -0.1) is 0 Å². The fraction of sp³-hybridized carbons (Fsp3) is 0.625. The molecule has 0 atom stereocenters. The number of hydrogen-bond acceptors (Lipinski definition) is 2. The van der Waals surface area contributed by atoms with Crippen LogP contribution in [-0.2, 0) is 22.7 Å². The lowest BCUT2D eigenvalue weighted by Gasteiger charge is -2.16. The van der Waals surface area contributed by atoms with Crippen LogP contribution < -0.4 is 0 Å². The van der Waals surface area contributed by atoms with Gasteiger partial charge in [-0.05, 0) is 12.8 Å². The Balaban J connectivity index is 2.85. The molecule has 22 heavy (non-hydrogen) atoms. The molecule has 0 aliphatic heterocycles. The van der Waals surface area contributed by atoms with Crippen LogP contribution in [0.5, 0.6) is 0 Å². The van der Waals surface area contributed by atoms with E-state index in [2.05, 4.69) is 13.8 Å². The van der Waals surface area contributed by atoms with E-state index in [1.165, 1.54) is 0 Å². The minimum atomic E-state index is 0.300. The maximum Gasteiger partial charge on any atom is 0.0747 e. The summed E-state index contributed by atoms with van der Waals surface area (Å²) in [5, 5.41) is 1.56. The van der Waals surface area contributed by atoms with Gasteiger partial charge in [-0.3, -0.25) is 0 Å². The zero-order valence-electron chi connectivity index (χ0n) is 13.0. The number of benzene rings is 1. The van der Waals surface area contributed by atoms with Gasteiger partial charge in [0.1, 0.15) is 0 Å². The van der Waals surface area contributed by atoms with Crippen molar-refractivity contribution in [2.24, 2.45) is 0 Å². The summed E-state index contributed by atoms with van der Waals surface area (Å²) >= 11 is 25.3. The zero-order chi connectivity index (χ0) is 16.5. The molecule has 0 spiro atoms. The van der Waals surface area contributed by atoms with Gasteiger partial charge in [0.25, 0.3) is 0 Å². The van der Waals surface area contributed by atoms with Crippen LogP contribution in [0.15, 0.2) is 0 Å². The molecule has 0 saturated heterocycles. The van der Waals surface area contributed by atoms with Crippen molar-refractivity contribution < 1.29 is 9.47 Å². The topological polar surface area (TPSA) is 18.5 Å². The standard InChI is InChI=1S/C16H22Cl4O2/c1-3-5-7-21-9-11-13(17)15(19)12(16(20)14(11)18)10-22-8-6-4-2/h3-10H2,1-2H3. The molecule has 0 heterocycles. The Morgan fingerprint density at radius 2 is 0.955 bits per heavy atom. The monoisotopic (exact) mass is 386 g/mol. The van der Waals surface area contributed by atoms with Crippen LogP contribution in [-0.4, -0.2) is 13.2 Å². The molecule has 0 fully saturated rings. The van der Waals surface area contributed by atoms with Gasteiger partial charge in [-0.2, -0.15) is 0 Å². The predicted octanol–water partition coefficient (Wildman–Crippen LogP) is 6.93. The first kappa shape index (κ1) is 20.3. The molecule has 1 rings (SSSR count). The third-order valence-corrected chi connectivity index (χ3v) is 5.08. The van der Waals surface area contributed by atoms with Gasteiger partial charge >= 0.3 is 0 Å². The van der Waals surface area contributed by atoms with E-state index in [4.69, 9.17) is 55.9 Å². The van der Waals surface area contributed by atoms with Gasteiger partial charge in [0.15, 0.2) is 0 Å². The van der Waals surface area contributed by atoms with E-state index < -0.39 is 0 Å². The number of rotatable bonds is 10. The van der Waals surface area contributed by atoms with Crippen molar-refractivity contribution >= 4 is 46.4 Å². The van der Waals surface area contributed by atoms with Crippen molar-refractivity contribution in [2.45, 2.75) is 52.7 Å². The first-order valence-electron chi connectivity index (χ1n) is 7.53. The molecule has 0 aromatic heterocycles. The van der Waals surface area contributed by atoms with Crippen molar-refractivity contribution in [3.05, 3.63) is 31.2 Å². The van der Waals surface area contributed by atoms with E-state index in [0.717, 1.165) is 25.7 Å². The molecular formula is C16H22Cl4O2. The molecule has 0 saturated carbocycles. The second kappa shape index (κ2) is 11.0. The van der Waals surface area contributed by atoms with E-state index in [1.807, 2.05) is 0 Å². The van der Waals surface area contributed by atoms with Gasteiger partial charge in [0.2, 0.25) is 0 Å². The highest BCUT2D eigenvalue weighted by Gasteiger charge is 2.20. The molecule has 0 unspecified atom stereocenters. The minimum Gasteiger partial charge on any atom is -0.377 e. The fourth-order valence-corrected chi connectivity index (χ4v) is 2.97. The highest BCUT2D eigenvalue weighted by molar-refractivity contribution is 6.48. The number of hydrogen-bond donors (Lipinski definition) is 0. The van der Waals surface area contributed by atoms with Gasteiger partial charge in [0, 0.05) is 24.3 Å². The molecule has 0 bridgehead atoms. The maximum atomic E-state index is 6.32. The van der Waals surface area contributed by atoms with Crippen LogP contribution >= 0.6 is 46.4 Å². The third-order valence-electron chi connectivity index (χ3n) is 3.22. The lowest BCUT2D eigenvalue weighted by atomic mass is 10.1. The lowest BCUT2D eigenvalue weighted by Crippen LogP contribution is -2.02.